The molecule has 0 radical (unpaired) electrons. The highest BCUT2D eigenvalue weighted by Crippen LogP contribution is 2.11. The third kappa shape index (κ3) is 5.31. The van der Waals surface area contributed by atoms with E-state index in [2.05, 4.69) is 0 Å². The average molecular weight is 286 g/mol. The van der Waals surface area contributed by atoms with Gasteiger partial charge < -0.3 is 14.6 Å². The van der Waals surface area contributed by atoms with E-state index in [0.717, 1.165) is 11.1 Å². The average Bonchev–Trinajstić information content (AvgIpc) is 2.55. The van der Waals surface area contributed by atoms with Gasteiger partial charge in [-0.25, -0.2) is 0 Å². The second kappa shape index (κ2) is 8.57. The molecule has 112 valence electrons. The van der Waals surface area contributed by atoms with Gasteiger partial charge in [-0.3, -0.25) is 0 Å². The summed E-state index contributed by atoms with van der Waals surface area (Å²) in [6, 6.07) is 19.9. The van der Waals surface area contributed by atoms with Crippen molar-refractivity contribution >= 4 is 0 Å². The van der Waals surface area contributed by atoms with Crippen LogP contribution in [0.3, 0.4) is 0 Å². The summed E-state index contributed by atoms with van der Waals surface area (Å²) in [4.78, 5) is 0. The van der Waals surface area contributed by atoms with Gasteiger partial charge >= 0.3 is 0 Å². The van der Waals surface area contributed by atoms with Gasteiger partial charge in [0, 0.05) is 0 Å². The van der Waals surface area contributed by atoms with E-state index in [-0.39, 0.29) is 18.8 Å². The Balaban J connectivity index is 1.79. The van der Waals surface area contributed by atoms with Gasteiger partial charge in [-0.15, -0.1) is 0 Å². The Morgan fingerprint density at radius 2 is 1.29 bits per heavy atom. The van der Waals surface area contributed by atoms with Gasteiger partial charge in [0.05, 0.1) is 25.9 Å². The molecule has 0 bridgehead atoms. The number of rotatable bonds is 8. The Labute approximate surface area is 126 Å². The number of benzene rings is 2. The highest BCUT2D eigenvalue weighted by atomic mass is 16.5. The molecule has 0 amide bonds. The molecule has 2 atom stereocenters. The number of hydrogen-bond donors (Lipinski definition) is 1. The fraction of sp³-hybridized carbons (Fsp3) is 0.333. The van der Waals surface area contributed by atoms with Crippen LogP contribution in [-0.4, -0.2) is 23.9 Å². The molecule has 21 heavy (non-hydrogen) atoms. The van der Waals surface area contributed by atoms with Gasteiger partial charge in [0.15, 0.2) is 0 Å². The smallest absolute Gasteiger partial charge is 0.107 e. The van der Waals surface area contributed by atoms with Crippen LogP contribution in [0.15, 0.2) is 60.7 Å². The van der Waals surface area contributed by atoms with E-state index in [9.17, 15) is 5.11 Å². The van der Waals surface area contributed by atoms with E-state index in [1.54, 1.807) is 0 Å². The predicted octanol–water partition coefficient (Wildman–Crippen LogP) is 3.17. The van der Waals surface area contributed by atoms with Crippen LogP contribution in [-0.2, 0) is 22.7 Å². The van der Waals surface area contributed by atoms with E-state index >= 15 is 0 Å². The fourth-order valence-electron chi connectivity index (χ4n) is 2.02. The van der Waals surface area contributed by atoms with Gasteiger partial charge in [0.1, 0.15) is 6.10 Å². The summed E-state index contributed by atoms with van der Waals surface area (Å²) in [5, 5.41) is 9.47. The van der Waals surface area contributed by atoms with Gasteiger partial charge in [0.2, 0.25) is 0 Å². The van der Waals surface area contributed by atoms with Gasteiger partial charge in [-0.05, 0) is 18.1 Å². The molecule has 0 saturated heterocycles. The number of aliphatic hydroxyl groups excluding tert-OH is 1. The van der Waals surface area contributed by atoms with Crippen molar-refractivity contribution < 1.29 is 14.6 Å². The second-order valence-corrected chi connectivity index (χ2v) is 5.02. The van der Waals surface area contributed by atoms with Crippen LogP contribution < -0.4 is 0 Å². The maximum Gasteiger partial charge on any atom is 0.107 e. The molecule has 0 fully saturated rings. The third-order valence-electron chi connectivity index (χ3n) is 3.37. The van der Waals surface area contributed by atoms with Crippen LogP contribution in [0.4, 0.5) is 0 Å². The summed E-state index contributed by atoms with van der Waals surface area (Å²) >= 11 is 0. The maximum absolute atomic E-state index is 9.47. The molecule has 2 rings (SSSR count). The highest BCUT2D eigenvalue weighted by Gasteiger charge is 2.17. The fourth-order valence-corrected chi connectivity index (χ4v) is 2.02. The molecule has 0 aromatic heterocycles. The molecule has 0 aliphatic rings. The molecule has 1 N–H and O–H groups in total. The van der Waals surface area contributed by atoms with Crippen LogP contribution in [0.25, 0.3) is 0 Å². The quantitative estimate of drug-likeness (QED) is 0.810. The van der Waals surface area contributed by atoms with Crippen molar-refractivity contribution in [3.05, 3.63) is 71.8 Å². The SMILES string of the molecule is C[C@@H](OCc1ccccc1)[C@@H](CO)OCc1ccccc1. The summed E-state index contributed by atoms with van der Waals surface area (Å²) in [5.41, 5.74) is 2.20. The zero-order valence-electron chi connectivity index (χ0n) is 12.3. The molecule has 0 aliphatic heterocycles. The lowest BCUT2D eigenvalue weighted by Crippen LogP contribution is -2.32. The van der Waals surface area contributed by atoms with Crippen molar-refractivity contribution in [2.75, 3.05) is 6.61 Å². The minimum absolute atomic E-state index is 0.0528. The van der Waals surface area contributed by atoms with Crippen LogP contribution in [0.2, 0.25) is 0 Å². The van der Waals surface area contributed by atoms with Crippen LogP contribution in [0.1, 0.15) is 18.1 Å². The zero-order valence-corrected chi connectivity index (χ0v) is 12.3. The molecule has 0 unspecified atom stereocenters. The zero-order chi connectivity index (χ0) is 14.9. The lowest BCUT2D eigenvalue weighted by molar-refractivity contribution is -0.0961. The first kappa shape index (κ1) is 15.7. The molecule has 3 heteroatoms. The van der Waals surface area contributed by atoms with Crippen molar-refractivity contribution in [3.63, 3.8) is 0 Å². The molecule has 0 heterocycles. The van der Waals surface area contributed by atoms with Gasteiger partial charge in [-0.1, -0.05) is 60.7 Å². The molecule has 0 saturated carbocycles. The highest BCUT2D eigenvalue weighted by molar-refractivity contribution is 5.14. The first-order chi connectivity index (χ1) is 10.3. The second-order valence-electron chi connectivity index (χ2n) is 5.02. The van der Waals surface area contributed by atoms with E-state index in [1.165, 1.54) is 0 Å². The standard InChI is InChI=1S/C18H22O3/c1-15(20-13-16-8-4-2-5-9-16)18(12-19)21-14-17-10-6-3-7-11-17/h2-11,15,18-19H,12-14H2,1H3/t15-,18-/m1/s1. The van der Waals surface area contributed by atoms with Crippen molar-refractivity contribution in [3.8, 4) is 0 Å². The van der Waals surface area contributed by atoms with Gasteiger partial charge in [-0.2, -0.15) is 0 Å². The summed E-state index contributed by atoms with van der Waals surface area (Å²) in [6.45, 7) is 2.87. The van der Waals surface area contributed by atoms with Crippen molar-refractivity contribution in [1.29, 1.82) is 0 Å². The number of ether oxygens (including phenoxy) is 2. The Kier molecular flexibility index (Phi) is 6.41. The number of aliphatic hydroxyl groups is 1. The Morgan fingerprint density at radius 3 is 1.76 bits per heavy atom. The summed E-state index contributed by atoms with van der Waals surface area (Å²) < 4.78 is 11.5. The normalized spacial score (nSPS) is 13.8. The van der Waals surface area contributed by atoms with E-state index in [1.807, 2.05) is 67.6 Å². The van der Waals surface area contributed by atoms with Crippen molar-refractivity contribution in [2.24, 2.45) is 0 Å². The van der Waals surface area contributed by atoms with E-state index < -0.39 is 0 Å². The third-order valence-corrected chi connectivity index (χ3v) is 3.37. The Bertz CT molecular complexity index is 498. The largest absolute Gasteiger partial charge is 0.394 e. The minimum atomic E-state index is -0.325. The molecule has 2 aromatic rings. The monoisotopic (exact) mass is 286 g/mol. The lowest BCUT2D eigenvalue weighted by Gasteiger charge is -2.23. The molecular weight excluding hydrogens is 264 g/mol. The molecule has 0 spiro atoms. The van der Waals surface area contributed by atoms with E-state index in [0.29, 0.717) is 13.2 Å². The number of hydrogen-bond acceptors (Lipinski definition) is 3. The van der Waals surface area contributed by atoms with Crippen molar-refractivity contribution in [1.82, 2.24) is 0 Å². The van der Waals surface area contributed by atoms with Crippen LogP contribution >= 0.6 is 0 Å². The van der Waals surface area contributed by atoms with Crippen LogP contribution in [0, 0.1) is 0 Å². The van der Waals surface area contributed by atoms with Crippen LogP contribution in [0.5, 0.6) is 0 Å². The van der Waals surface area contributed by atoms with Crippen molar-refractivity contribution in [2.45, 2.75) is 32.3 Å². The maximum atomic E-state index is 9.47. The summed E-state index contributed by atoms with van der Waals surface area (Å²) in [7, 11) is 0. The summed E-state index contributed by atoms with van der Waals surface area (Å²) in [5.74, 6) is 0. The Morgan fingerprint density at radius 1 is 0.810 bits per heavy atom. The van der Waals surface area contributed by atoms with Gasteiger partial charge in [0.25, 0.3) is 0 Å². The minimum Gasteiger partial charge on any atom is -0.394 e. The van der Waals surface area contributed by atoms with E-state index in [4.69, 9.17) is 9.47 Å². The molecule has 0 aliphatic carbocycles. The first-order valence-electron chi connectivity index (χ1n) is 7.21. The molecule has 2 aromatic carbocycles. The summed E-state index contributed by atoms with van der Waals surface area (Å²) in [6.07, 6.45) is -0.493. The lowest BCUT2D eigenvalue weighted by atomic mass is 10.2. The topological polar surface area (TPSA) is 38.7 Å². The molecular formula is C18H22O3. The first-order valence-corrected chi connectivity index (χ1v) is 7.21. The predicted molar refractivity (Wildman–Crippen MR) is 82.8 cm³/mol. The molecule has 3 nitrogen and oxygen atoms in total. The Hall–Kier alpha value is -1.68.